The fraction of sp³-hybridized carbons (Fsp3) is 0.375. The quantitative estimate of drug-likeness (QED) is 0.573. The highest BCUT2D eigenvalue weighted by atomic mass is 127. The highest BCUT2D eigenvalue weighted by Crippen LogP contribution is 2.26. The van der Waals surface area contributed by atoms with Gasteiger partial charge >= 0.3 is 0 Å². The number of halogens is 2. The molecule has 0 bridgehead atoms. The molecule has 0 saturated carbocycles. The zero-order valence-electron chi connectivity index (χ0n) is 6.67. The number of hydrogen-bond acceptors (Lipinski definition) is 3. The van der Waals surface area contributed by atoms with E-state index in [1.165, 1.54) is 0 Å². The van der Waals surface area contributed by atoms with Crippen LogP contribution < -0.4 is 0 Å². The highest BCUT2D eigenvalue weighted by Gasteiger charge is 2.19. The van der Waals surface area contributed by atoms with Crippen LogP contribution in [-0.4, -0.2) is 18.2 Å². The maximum Gasteiger partial charge on any atom is 0.185 e. The summed E-state index contributed by atoms with van der Waals surface area (Å²) >= 11 is 5.58. The van der Waals surface area contributed by atoms with Gasteiger partial charge in [-0.15, -0.1) is 0 Å². The van der Waals surface area contributed by atoms with Gasteiger partial charge in [-0.1, -0.05) is 0 Å². The van der Waals surface area contributed by atoms with Gasteiger partial charge in [-0.25, -0.2) is 4.98 Å². The Hall–Kier alpha value is 0.280. The Morgan fingerprint density at radius 2 is 2.15 bits per heavy atom. The molecular weight excluding hydrogens is 349 g/mol. The maximum absolute atomic E-state index is 5.35. The smallest absolute Gasteiger partial charge is 0.185 e. The zero-order valence-corrected chi connectivity index (χ0v) is 10.4. The van der Waals surface area contributed by atoms with E-state index in [4.69, 9.17) is 9.47 Å². The molecule has 2 rings (SSSR count). The van der Waals surface area contributed by atoms with Crippen molar-refractivity contribution in [3.05, 3.63) is 26.0 Å². The Balaban J connectivity index is 2.25. The summed E-state index contributed by atoms with van der Waals surface area (Å²) in [7, 11) is 0. The molecule has 0 aromatic carbocycles. The second-order valence-corrected chi connectivity index (χ2v) is 4.49. The van der Waals surface area contributed by atoms with Crippen molar-refractivity contribution in [2.75, 3.05) is 13.2 Å². The van der Waals surface area contributed by atoms with E-state index in [-0.39, 0.29) is 6.29 Å². The topological polar surface area (TPSA) is 31.4 Å². The lowest BCUT2D eigenvalue weighted by atomic mass is 10.3. The minimum absolute atomic E-state index is 0.235. The second-order valence-electron chi connectivity index (χ2n) is 2.61. The van der Waals surface area contributed by atoms with E-state index >= 15 is 0 Å². The molecule has 3 nitrogen and oxygen atoms in total. The summed E-state index contributed by atoms with van der Waals surface area (Å²) in [6.45, 7) is 1.32. The van der Waals surface area contributed by atoms with Crippen LogP contribution in [0.4, 0.5) is 0 Å². The summed E-state index contributed by atoms with van der Waals surface area (Å²) in [4.78, 5) is 4.20. The van der Waals surface area contributed by atoms with Crippen LogP contribution in [0.3, 0.4) is 0 Å². The molecule has 1 aromatic rings. The van der Waals surface area contributed by atoms with E-state index in [9.17, 15) is 0 Å². The molecule has 1 saturated heterocycles. The lowest BCUT2D eigenvalue weighted by Crippen LogP contribution is -1.99. The number of hydrogen-bond donors (Lipinski definition) is 0. The van der Waals surface area contributed by atoms with Gasteiger partial charge in [0.1, 0.15) is 3.70 Å². The molecule has 1 fully saturated rings. The Labute approximate surface area is 98.1 Å². The van der Waals surface area contributed by atoms with E-state index in [1.54, 1.807) is 6.20 Å². The van der Waals surface area contributed by atoms with Gasteiger partial charge in [-0.2, -0.15) is 0 Å². The van der Waals surface area contributed by atoms with Crippen molar-refractivity contribution >= 4 is 38.5 Å². The lowest BCUT2D eigenvalue weighted by Gasteiger charge is -2.09. The van der Waals surface area contributed by atoms with Crippen LogP contribution in [0.5, 0.6) is 0 Å². The molecule has 0 spiro atoms. The average Bonchev–Trinajstić information content (AvgIpc) is 2.62. The summed E-state index contributed by atoms with van der Waals surface area (Å²) in [5.74, 6) is 0. The molecule has 5 heteroatoms. The van der Waals surface area contributed by atoms with E-state index in [0.717, 1.165) is 13.7 Å². The van der Waals surface area contributed by atoms with Crippen molar-refractivity contribution in [2.45, 2.75) is 6.29 Å². The molecule has 13 heavy (non-hydrogen) atoms. The van der Waals surface area contributed by atoms with Crippen molar-refractivity contribution in [1.82, 2.24) is 4.98 Å². The largest absolute Gasteiger partial charge is 0.346 e. The van der Waals surface area contributed by atoms with Crippen LogP contribution >= 0.6 is 38.5 Å². The monoisotopic (exact) mass is 355 g/mol. The number of nitrogens with zero attached hydrogens (tertiary/aromatic N) is 1. The molecule has 0 N–H and O–H groups in total. The van der Waals surface area contributed by atoms with Gasteiger partial charge in [0.05, 0.1) is 13.2 Å². The van der Waals surface area contributed by atoms with Crippen molar-refractivity contribution in [2.24, 2.45) is 0 Å². The number of rotatable bonds is 1. The third kappa shape index (κ3) is 2.20. The number of ether oxygens (including phenoxy) is 2. The van der Waals surface area contributed by atoms with Gasteiger partial charge in [0.15, 0.2) is 6.29 Å². The molecule has 0 radical (unpaired) electrons. The van der Waals surface area contributed by atoms with Gasteiger partial charge in [0, 0.05) is 16.2 Å². The summed E-state index contributed by atoms with van der Waals surface area (Å²) in [6.07, 6.45) is 1.54. The molecule has 0 amide bonds. The summed E-state index contributed by atoms with van der Waals surface area (Å²) in [5, 5.41) is 0. The van der Waals surface area contributed by atoms with Gasteiger partial charge in [-0.3, -0.25) is 0 Å². The summed E-state index contributed by atoms with van der Waals surface area (Å²) in [6, 6.07) is 1.98. The van der Waals surface area contributed by atoms with Gasteiger partial charge in [0.2, 0.25) is 0 Å². The Kier molecular flexibility index (Phi) is 3.18. The SMILES string of the molecule is Brc1cc(C2OCCO2)cnc1I. The first-order valence-corrected chi connectivity index (χ1v) is 5.68. The van der Waals surface area contributed by atoms with Crippen LogP contribution in [0.25, 0.3) is 0 Å². The van der Waals surface area contributed by atoms with E-state index in [0.29, 0.717) is 13.2 Å². The maximum atomic E-state index is 5.35. The fourth-order valence-corrected chi connectivity index (χ4v) is 1.78. The lowest BCUT2D eigenvalue weighted by molar-refractivity contribution is -0.0444. The van der Waals surface area contributed by atoms with Crippen LogP contribution in [0.2, 0.25) is 0 Å². The molecule has 0 unspecified atom stereocenters. The fourth-order valence-electron chi connectivity index (χ4n) is 1.12. The second kappa shape index (κ2) is 4.20. The third-order valence-corrected chi connectivity index (χ3v) is 3.92. The molecule has 70 valence electrons. The molecule has 0 aliphatic carbocycles. The Bertz CT molecular complexity index is 315. The van der Waals surface area contributed by atoms with Gasteiger partial charge in [0.25, 0.3) is 0 Å². The molecule has 1 aliphatic rings. The zero-order chi connectivity index (χ0) is 9.26. The predicted octanol–water partition coefficient (Wildman–Crippen LogP) is 2.49. The van der Waals surface area contributed by atoms with Crippen molar-refractivity contribution in [1.29, 1.82) is 0 Å². The first-order valence-electron chi connectivity index (χ1n) is 3.81. The molecular formula is C8H7BrINO2. The van der Waals surface area contributed by atoms with E-state index in [1.807, 2.05) is 6.07 Å². The van der Waals surface area contributed by atoms with Crippen LogP contribution in [0.1, 0.15) is 11.9 Å². The minimum atomic E-state index is -0.235. The summed E-state index contributed by atoms with van der Waals surface area (Å²) in [5.41, 5.74) is 0.963. The highest BCUT2D eigenvalue weighted by molar-refractivity contribution is 14.1. The van der Waals surface area contributed by atoms with Crippen LogP contribution in [-0.2, 0) is 9.47 Å². The first kappa shape index (κ1) is 9.82. The van der Waals surface area contributed by atoms with Crippen molar-refractivity contribution in [3.63, 3.8) is 0 Å². The van der Waals surface area contributed by atoms with Crippen molar-refractivity contribution < 1.29 is 9.47 Å². The molecule has 2 heterocycles. The average molecular weight is 356 g/mol. The normalized spacial score (nSPS) is 18.0. The number of pyridine rings is 1. The Morgan fingerprint density at radius 1 is 1.46 bits per heavy atom. The van der Waals surface area contributed by atoms with Crippen LogP contribution in [0, 0.1) is 3.70 Å². The molecule has 0 atom stereocenters. The van der Waals surface area contributed by atoms with Gasteiger partial charge < -0.3 is 9.47 Å². The minimum Gasteiger partial charge on any atom is -0.346 e. The summed E-state index contributed by atoms with van der Waals surface area (Å²) < 4.78 is 12.6. The predicted molar refractivity (Wildman–Crippen MR) is 59.3 cm³/mol. The molecule has 1 aromatic heterocycles. The third-order valence-electron chi connectivity index (χ3n) is 1.71. The standard InChI is InChI=1S/C8H7BrINO2/c9-6-3-5(4-11-7(6)10)8-12-1-2-13-8/h3-4,8H,1-2H2. The van der Waals surface area contributed by atoms with Crippen molar-refractivity contribution in [3.8, 4) is 0 Å². The van der Waals surface area contributed by atoms with Gasteiger partial charge in [-0.05, 0) is 44.6 Å². The molecule has 1 aliphatic heterocycles. The number of aromatic nitrogens is 1. The van der Waals surface area contributed by atoms with E-state index in [2.05, 4.69) is 43.5 Å². The van der Waals surface area contributed by atoms with E-state index < -0.39 is 0 Å². The first-order chi connectivity index (χ1) is 6.27. The van der Waals surface area contributed by atoms with Crippen LogP contribution in [0.15, 0.2) is 16.7 Å². The Morgan fingerprint density at radius 3 is 2.77 bits per heavy atom.